The molecule has 0 aromatic carbocycles. The zero-order valence-electron chi connectivity index (χ0n) is 11.8. The first-order chi connectivity index (χ1) is 9.47. The molecule has 0 aromatic rings. The number of amides is 2. The van der Waals surface area contributed by atoms with Crippen LogP contribution >= 0.6 is 0 Å². The Hall–Kier alpha value is -1.59. The fourth-order valence-corrected chi connectivity index (χ4v) is 3.10. The third kappa shape index (κ3) is 2.94. The molecule has 1 aliphatic heterocycles. The standard InChI is InChI=1S/C14H22N2O4/c1-2-9-5-7-14(8-6-9,13(19)20)16-12(18)10-3-4-11(17)15-10/h9-10H,2-8H2,1H3,(H,15,17)(H,16,18)(H,19,20)/t9?,10-,14?/m1/s1. The fraction of sp³-hybridized carbons (Fsp3) is 0.786. The van der Waals surface area contributed by atoms with Crippen LogP contribution in [0.5, 0.6) is 0 Å². The number of carbonyl (C=O) groups is 3. The summed E-state index contributed by atoms with van der Waals surface area (Å²) in [5.74, 6) is -0.937. The van der Waals surface area contributed by atoms with Gasteiger partial charge in [0.15, 0.2) is 0 Å². The van der Waals surface area contributed by atoms with Crippen LogP contribution in [-0.2, 0) is 14.4 Å². The Kier molecular flexibility index (Phi) is 4.30. The molecule has 1 saturated heterocycles. The first kappa shape index (κ1) is 14.8. The Morgan fingerprint density at radius 2 is 2.00 bits per heavy atom. The van der Waals surface area contributed by atoms with Crippen molar-refractivity contribution in [1.29, 1.82) is 0 Å². The smallest absolute Gasteiger partial charge is 0.329 e. The highest BCUT2D eigenvalue weighted by molar-refractivity contribution is 5.94. The zero-order chi connectivity index (χ0) is 14.8. The van der Waals surface area contributed by atoms with Crippen molar-refractivity contribution >= 4 is 17.8 Å². The predicted octanol–water partition coefficient (Wildman–Crippen LogP) is 0.805. The van der Waals surface area contributed by atoms with Gasteiger partial charge in [0.2, 0.25) is 11.8 Å². The number of hydrogen-bond acceptors (Lipinski definition) is 3. The molecule has 2 aliphatic rings. The monoisotopic (exact) mass is 282 g/mol. The van der Waals surface area contributed by atoms with Crippen LogP contribution in [0.2, 0.25) is 0 Å². The van der Waals surface area contributed by atoms with Crippen molar-refractivity contribution in [3.63, 3.8) is 0 Å². The van der Waals surface area contributed by atoms with Gasteiger partial charge in [-0.2, -0.15) is 0 Å². The topological polar surface area (TPSA) is 95.5 Å². The lowest BCUT2D eigenvalue weighted by molar-refractivity contribution is -0.150. The minimum absolute atomic E-state index is 0.149. The van der Waals surface area contributed by atoms with Gasteiger partial charge >= 0.3 is 5.97 Å². The molecule has 2 amide bonds. The molecule has 112 valence electrons. The molecule has 2 fully saturated rings. The molecule has 0 aromatic heterocycles. The zero-order valence-corrected chi connectivity index (χ0v) is 11.8. The number of carboxylic acids is 1. The van der Waals surface area contributed by atoms with Gasteiger partial charge in [-0.3, -0.25) is 9.59 Å². The number of nitrogens with one attached hydrogen (secondary N) is 2. The lowest BCUT2D eigenvalue weighted by Crippen LogP contribution is -2.59. The van der Waals surface area contributed by atoms with E-state index >= 15 is 0 Å². The summed E-state index contributed by atoms with van der Waals surface area (Å²) in [5.41, 5.74) is -1.16. The molecule has 1 saturated carbocycles. The van der Waals surface area contributed by atoms with E-state index in [-0.39, 0.29) is 11.8 Å². The number of carboxylic acid groups (broad SMARTS) is 1. The van der Waals surface area contributed by atoms with Gasteiger partial charge < -0.3 is 15.7 Å². The SMILES string of the molecule is CCC1CCC(NC(=O)[C@H]2CCC(=O)N2)(C(=O)O)CC1. The van der Waals surface area contributed by atoms with Crippen LogP contribution in [0.1, 0.15) is 51.9 Å². The normalized spacial score (nSPS) is 33.5. The third-order valence-electron chi connectivity index (χ3n) is 4.62. The maximum absolute atomic E-state index is 12.1. The molecule has 1 aliphatic carbocycles. The highest BCUT2D eigenvalue weighted by Gasteiger charge is 2.44. The van der Waals surface area contributed by atoms with E-state index in [2.05, 4.69) is 17.6 Å². The van der Waals surface area contributed by atoms with E-state index in [0.717, 1.165) is 19.3 Å². The first-order valence-electron chi connectivity index (χ1n) is 7.31. The summed E-state index contributed by atoms with van der Waals surface area (Å²) in [6, 6.07) is -0.581. The van der Waals surface area contributed by atoms with Crippen molar-refractivity contribution in [3.8, 4) is 0 Å². The molecule has 1 atom stereocenters. The molecule has 3 N–H and O–H groups in total. The van der Waals surface area contributed by atoms with Crippen LogP contribution in [0.15, 0.2) is 0 Å². The third-order valence-corrected chi connectivity index (χ3v) is 4.62. The summed E-state index contributed by atoms with van der Waals surface area (Å²) < 4.78 is 0. The Morgan fingerprint density at radius 1 is 1.35 bits per heavy atom. The quantitative estimate of drug-likeness (QED) is 0.711. The van der Waals surface area contributed by atoms with Crippen molar-refractivity contribution in [3.05, 3.63) is 0 Å². The van der Waals surface area contributed by atoms with E-state index in [9.17, 15) is 19.5 Å². The van der Waals surface area contributed by atoms with E-state index in [1.165, 1.54) is 0 Å². The molecule has 1 heterocycles. The van der Waals surface area contributed by atoms with Gasteiger partial charge in [0, 0.05) is 6.42 Å². The second-order valence-electron chi connectivity index (χ2n) is 5.89. The van der Waals surface area contributed by atoms with Gasteiger partial charge in [0.05, 0.1) is 0 Å². The summed E-state index contributed by atoms with van der Waals surface area (Å²) in [4.78, 5) is 34.9. The van der Waals surface area contributed by atoms with Gasteiger partial charge in [-0.15, -0.1) is 0 Å². The molecular weight excluding hydrogens is 260 g/mol. The lowest BCUT2D eigenvalue weighted by Gasteiger charge is -2.37. The summed E-state index contributed by atoms with van der Waals surface area (Å²) in [6.45, 7) is 2.10. The molecule has 20 heavy (non-hydrogen) atoms. The Bertz CT molecular complexity index is 413. The number of carbonyl (C=O) groups excluding carboxylic acids is 2. The number of hydrogen-bond donors (Lipinski definition) is 3. The highest BCUT2D eigenvalue weighted by atomic mass is 16.4. The maximum Gasteiger partial charge on any atom is 0.329 e. The van der Waals surface area contributed by atoms with Crippen molar-refractivity contribution < 1.29 is 19.5 Å². The van der Waals surface area contributed by atoms with Crippen LogP contribution in [0.4, 0.5) is 0 Å². The van der Waals surface area contributed by atoms with Crippen LogP contribution in [0.25, 0.3) is 0 Å². The number of rotatable bonds is 4. The second kappa shape index (κ2) is 5.81. The minimum atomic E-state index is -1.16. The van der Waals surface area contributed by atoms with E-state index in [4.69, 9.17) is 0 Å². The number of aliphatic carboxylic acids is 1. The maximum atomic E-state index is 12.1. The lowest BCUT2D eigenvalue weighted by atomic mass is 9.75. The summed E-state index contributed by atoms with van der Waals surface area (Å²) in [5, 5.41) is 14.8. The van der Waals surface area contributed by atoms with Crippen molar-refractivity contribution in [2.45, 2.75) is 63.5 Å². The van der Waals surface area contributed by atoms with Gasteiger partial charge in [0.1, 0.15) is 11.6 Å². The predicted molar refractivity (Wildman–Crippen MR) is 71.9 cm³/mol. The molecular formula is C14H22N2O4. The molecule has 2 rings (SSSR count). The Morgan fingerprint density at radius 3 is 2.45 bits per heavy atom. The summed E-state index contributed by atoms with van der Waals surface area (Å²) in [6.07, 6.45) is 4.39. The summed E-state index contributed by atoms with van der Waals surface area (Å²) in [7, 11) is 0. The Labute approximate surface area is 118 Å². The highest BCUT2D eigenvalue weighted by Crippen LogP contribution is 2.34. The average molecular weight is 282 g/mol. The van der Waals surface area contributed by atoms with Crippen LogP contribution < -0.4 is 10.6 Å². The average Bonchev–Trinajstić information content (AvgIpc) is 2.86. The van der Waals surface area contributed by atoms with Crippen LogP contribution in [0, 0.1) is 5.92 Å². The van der Waals surface area contributed by atoms with Crippen molar-refractivity contribution in [2.75, 3.05) is 0 Å². The van der Waals surface area contributed by atoms with Gasteiger partial charge in [0.25, 0.3) is 0 Å². The molecule has 0 radical (unpaired) electrons. The van der Waals surface area contributed by atoms with E-state index in [1.54, 1.807) is 0 Å². The largest absolute Gasteiger partial charge is 0.480 e. The van der Waals surface area contributed by atoms with Crippen LogP contribution in [-0.4, -0.2) is 34.5 Å². The second-order valence-corrected chi connectivity index (χ2v) is 5.89. The van der Waals surface area contributed by atoms with Crippen LogP contribution in [0.3, 0.4) is 0 Å². The van der Waals surface area contributed by atoms with E-state index in [1.807, 2.05) is 0 Å². The molecule has 6 heteroatoms. The summed E-state index contributed by atoms with van der Waals surface area (Å²) >= 11 is 0. The molecule has 6 nitrogen and oxygen atoms in total. The molecule has 0 spiro atoms. The van der Waals surface area contributed by atoms with Crippen molar-refractivity contribution in [2.24, 2.45) is 5.92 Å². The minimum Gasteiger partial charge on any atom is -0.480 e. The molecule has 0 unspecified atom stereocenters. The van der Waals surface area contributed by atoms with Gasteiger partial charge in [-0.25, -0.2) is 4.79 Å². The first-order valence-corrected chi connectivity index (χ1v) is 7.31. The molecule has 0 bridgehead atoms. The van der Waals surface area contributed by atoms with Crippen molar-refractivity contribution in [1.82, 2.24) is 10.6 Å². The van der Waals surface area contributed by atoms with E-state index < -0.39 is 17.6 Å². The van der Waals surface area contributed by atoms with E-state index in [0.29, 0.717) is 31.6 Å². The van der Waals surface area contributed by atoms with Gasteiger partial charge in [-0.1, -0.05) is 13.3 Å². The van der Waals surface area contributed by atoms with Gasteiger partial charge in [-0.05, 0) is 38.0 Å². The fourth-order valence-electron chi connectivity index (χ4n) is 3.10. The Balaban J connectivity index is 2.01.